The summed E-state index contributed by atoms with van der Waals surface area (Å²) in [5.74, 6) is -0.412. The minimum atomic E-state index is -0.533. The summed E-state index contributed by atoms with van der Waals surface area (Å²) in [5, 5.41) is 6.04. The minimum Gasteiger partial charge on any atom is -0.356 e. The molecule has 1 atom stereocenters. The molecule has 2 aromatic carbocycles. The third-order valence-electron chi connectivity index (χ3n) is 3.31. The Morgan fingerprint density at radius 2 is 1.59 bits per heavy atom. The van der Waals surface area contributed by atoms with Crippen molar-refractivity contribution in [3.63, 3.8) is 0 Å². The molecule has 0 aromatic heterocycles. The van der Waals surface area contributed by atoms with Crippen molar-refractivity contribution in [2.75, 3.05) is 10.6 Å². The van der Waals surface area contributed by atoms with Gasteiger partial charge in [0.05, 0.1) is 6.42 Å². The lowest BCUT2D eigenvalue weighted by molar-refractivity contribution is -0.121. The molecule has 2 amide bonds. The van der Waals surface area contributed by atoms with Gasteiger partial charge < -0.3 is 10.6 Å². The molecule has 3 rings (SSSR count). The second-order valence-corrected chi connectivity index (χ2v) is 5.01. The fourth-order valence-corrected chi connectivity index (χ4v) is 2.17. The lowest BCUT2D eigenvalue weighted by Gasteiger charge is -2.11. The number of hydrogen-bond acceptors (Lipinski definition) is 4. The normalized spacial score (nSPS) is 16.9. The minimum absolute atomic E-state index is 0.152. The summed E-state index contributed by atoms with van der Waals surface area (Å²) in [7, 11) is 0. The molecule has 0 bridgehead atoms. The molecule has 1 unspecified atom stereocenters. The van der Waals surface area contributed by atoms with E-state index in [0.29, 0.717) is 5.69 Å². The van der Waals surface area contributed by atoms with Crippen LogP contribution in [0.1, 0.15) is 6.42 Å². The first kappa shape index (κ1) is 14.1. The van der Waals surface area contributed by atoms with Crippen LogP contribution in [0.3, 0.4) is 0 Å². The van der Waals surface area contributed by atoms with Gasteiger partial charge in [0.1, 0.15) is 6.04 Å². The molecule has 6 heteroatoms. The Morgan fingerprint density at radius 1 is 0.955 bits per heavy atom. The van der Waals surface area contributed by atoms with Crippen LogP contribution in [0, 0.1) is 0 Å². The number of anilines is 3. The molecule has 22 heavy (non-hydrogen) atoms. The number of carbonyl (C=O) groups is 2. The van der Waals surface area contributed by atoms with E-state index in [1.54, 1.807) is 0 Å². The van der Waals surface area contributed by atoms with E-state index in [0.717, 1.165) is 11.4 Å². The maximum atomic E-state index is 12.0. The molecule has 1 heterocycles. The fraction of sp³-hybridized carbons (Fsp3) is 0.125. The van der Waals surface area contributed by atoms with E-state index in [2.05, 4.69) is 21.5 Å². The highest BCUT2D eigenvalue weighted by molar-refractivity contribution is 5.99. The Bertz CT molecular complexity index is 670. The monoisotopic (exact) mass is 296 g/mol. The number of rotatable bonds is 4. The van der Waals surface area contributed by atoms with Gasteiger partial charge in [0.25, 0.3) is 0 Å². The van der Waals surface area contributed by atoms with E-state index in [-0.39, 0.29) is 18.2 Å². The first-order valence-electron chi connectivity index (χ1n) is 6.98. The van der Waals surface area contributed by atoms with E-state index < -0.39 is 6.04 Å². The van der Waals surface area contributed by atoms with Crippen molar-refractivity contribution in [2.24, 2.45) is 0 Å². The number of amides is 2. The number of hydrazine groups is 1. The standard InChI is InChI=1S/C16H16N4O2/c21-15-10-14(19-20-15)16(22)18-13-8-6-12(7-9-13)17-11-4-2-1-3-5-11/h1-9,14,17,19H,10H2,(H,18,22)(H,20,21). The van der Waals surface area contributed by atoms with Gasteiger partial charge in [-0.1, -0.05) is 18.2 Å². The van der Waals surface area contributed by atoms with Crippen molar-refractivity contribution >= 4 is 28.9 Å². The SMILES string of the molecule is O=C1CC(C(=O)Nc2ccc(Nc3ccccc3)cc2)NN1. The lowest BCUT2D eigenvalue weighted by atomic mass is 10.2. The van der Waals surface area contributed by atoms with Crippen molar-refractivity contribution in [3.8, 4) is 0 Å². The van der Waals surface area contributed by atoms with E-state index >= 15 is 0 Å². The molecule has 1 fully saturated rings. The van der Waals surface area contributed by atoms with Gasteiger partial charge in [-0.15, -0.1) is 0 Å². The van der Waals surface area contributed by atoms with E-state index in [1.807, 2.05) is 54.6 Å². The van der Waals surface area contributed by atoms with Crippen LogP contribution < -0.4 is 21.5 Å². The topological polar surface area (TPSA) is 82.3 Å². The summed E-state index contributed by atoms with van der Waals surface area (Å²) >= 11 is 0. The number of benzene rings is 2. The van der Waals surface area contributed by atoms with E-state index in [1.165, 1.54) is 0 Å². The Hall–Kier alpha value is -2.86. The highest BCUT2D eigenvalue weighted by atomic mass is 16.2. The Kier molecular flexibility index (Phi) is 4.02. The van der Waals surface area contributed by atoms with Crippen LogP contribution in [0.2, 0.25) is 0 Å². The van der Waals surface area contributed by atoms with Crippen LogP contribution in [0.15, 0.2) is 54.6 Å². The molecule has 1 aliphatic rings. The van der Waals surface area contributed by atoms with Crippen molar-refractivity contribution in [1.82, 2.24) is 10.9 Å². The van der Waals surface area contributed by atoms with Gasteiger partial charge in [0, 0.05) is 17.1 Å². The van der Waals surface area contributed by atoms with E-state index in [4.69, 9.17) is 0 Å². The maximum Gasteiger partial charge on any atom is 0.243 e. The van der Waals surface area contributed by atoms with Crippen LogP contribution in [0.5, 0.6) is 0 Å². The molecule has 112 valence electrons. The van der Waals surface area contributed by atoms with E-state index in [9.17, 15) is 9.59 Å². The highest BCUT2D eigenvalue weighted by Gasteiger charge is 2.27. The number of carbonyl (C=O) groups excluding carboxylic acids is 2. The Labute approximate surface area is 127 Å². The number of nitrogens with one attached hydrogen (secondary N) is 4. The summed E-state index contributed by atoms with van der Waals surface area (Å²) < 4.78 is 0. The molecule has 1 saturated heterocycles. The largest absolute Gasteiger partial charge is 0.356 e. The van der Waals surface area contributed by atoms with Crippen LogP contribution in [0.4, 0.5) is 17.1 Å². The molecule has 0 radical (unpaired) electrons. The molecular weight excluding hydrogens is 280 g/mol. The fourth-order valence-electron chi connectivity index (χ4n) is 2.17. The van der Waals surface area contributed by atoms with Gasteiger partial charge in [-0.05, 0) is 36.4 Å². The van der Waals surface area contributed by atoms with Crippen molar-refractivity contribution in [2.45, 2.75) is 12.5 Å². The Balaban J connectivity index is 1.59. The molecule has 6 nitrogen and oxygen atoms in total. The van der Waals surface area contributed by atoms with Crippen molar-refractivity contribution in [3.05, 3.63) is 54.6 Å². The lowest BCUT2D eigenvalue weighted by Crippen LogP contribution is -2.39. The van der Waals surface area contributed by atoms with Crippen molar-refractivity contribution in [1.29, 1.82) is 0 Å². The van der Waals surface area contributed by atoms with Crippen LogP contribution in [-0.2, 0) is 9.59 Å². The Morgan fingerprint density at radius 3 is 2.23 bits per heavy atom. The summed E-state index contributed by atoms with van der Waals surface area (Å²) in [6, 6.07) is 16.7. The predicted octanol–water partition coefficient (Wildman–Crippen LogP) is 1.76. The molecule has 1 aliphatic heterocycles. The molecule has 0 aliphatic carbocycles. The molecule has 0 spiro atoms. The average molecular weight is 296 g/mol. The zero-order chi connectivity index (χ0) is 15.4. The number of para-hydroxylation sites is 1. The maximum absolute atomic E-state index is 12.0. The highest BCUT2D eigenvalue weighted by Crippen LogP contribution is 2.18. The van der Waals surface area contributed by atoms with Crippen LogP contribution in [-0.4, -0.2) is 17.9 Å². The predicted molar refractivity (Wildman–Crippen MR) is 84.5 cm³/mol. The van der Waals surface area contributed by atoms with Gasteiger partial charge in [-0.25, -0.2) is 5.43 Å². The van der Waals surface area contributed by atoms with Gasteiger partial charge in [-0.3, -0.25) is 15.0 Å². The van der Waals surface area contributed by atoms with Crippen LogP contribution >= 0.6 is 0 Å². The molecule has 2 aromatic rings. The van der Waals surface area contributed by atoms with Crippen LogP contribution in [0.25, 0.3) is 0 Å². The molecule has 0 saturated carbocycles. The summed E-state index contributed by atoms with van der Waals surface area (Å²) in [5.41, 5.74) is 7.67. The third-order valence-corrected chi connectivity index (χ3v) is 3.31. The van der Waals surface area contributed by atoms with Gasteiger partial charge in [0.15, 0.2) is 0 Å². The molecule has 4 N–H and O–H groups in total. The summed E-state index contributed by atoms with van der Waals surface area (Å²) in [6.45, 7) is 0. The molecular formula is C16H16N4O2. The quantitative estimate of drug-likeness (QED) is 0.693. The summed E-state index contributed by atoms with van der Waals surface area (Å²) in [4.78, 5) is 23.0. The first-order valence-corrected chi connectivity index (χ1v) is 6.98. The van der Waals surface area contributed by atoms with Gasteiger partial charge in [-0.2, -0.15) is 0 Å². The number of hydrogen-bond donors (Lipinski definition) is 4. The van der Waals surface area contributed by atoms with Gasteiger partial charge in [0.2, 0.25) is 11.8 Å². The first-order chi connectivity index (χ1) is 10.7. The third kappa shape index (κ3) is 3.42. The van der Waals surface area contributed by atoms with Crippen molar-refractivity contribution < 1.29 is 9.59 Å². The zero-order valence-corrected chi connectivity index (χ0v) is 11.8. The average Bonchev–Trinajstić information content (AvgIpc) is 2.97. The second-order valence-electron chi connectivity index (χ2n) is 5.01. The summed E-state index contributed by atoms with van der Waals surface area (Å²) in [6.07, 6.45) is 0.152. The zero-order valence-electron chi connectivity index (χ0n) is 11.8. The van der Waals surface area contributed by atoms with Gasteiger partial charge >= 0.3 is 0 Å². The smallest absolute Gasteiger partial charge is 0.243 e. The second kappa shape index (κ2) is 6.28.